The van der Waals surface area contributed by atoms with Crippen molar-refractivity contribution in [3.05, 3.63) is 64.4 Å². The summed E-state index contributed by atoms with van der Waals surface area (Å²) >= 11 is 12.2. The van der Waals surface area contributed by atoms with Crippen LogP contribution in [0.1, 0.15) is 5.56 Å². The van der Waals surface area contributed by atoms with Crippen LogP contribution in [0.3, 0.4) is 0 Å². The summed E-state index contributed by atoms with van der Waals surface area (Å²) in [5.41, 5.74) is 1.81. The molecule has 0 unspecified atom stereocenters. The van der Waals surface area contributed by atoms with Gasteiger partial charge in [-0.1, -0.05) is 29.3 Å². The minimum Gasteiger partial charge on any atom is -0.368 e. The lowest BCUT2D eigenvalue weighted by Crippen LogP contribution is -2.48. The largest absolute Gasteiger partial charge is 0.368 e. The van der Waals surface area contributed by atoms with Crippen LogP contribution in [0.4, 0.5) is 5.69 Å². The van der Waals surface area contributed by atoms with Gasteiger partial charge in [0, 0.05) is 65.9 Å². The number of nitrogens with zero attached hydrogens (tertiary/aromatic N) is 3. The molecule has 1 fully saturated rings. The van der Waals surface area contributed by atoms with Crippen LogP contribution < -0.4 is 4.90 Å². The lowest BCUT2D eigenvalue weighted by molar-refractivity contribution is -0.126. The second-order valence-electron chi connectivity index (χ2n) is 5.49. The van der Waals surface area contributed by atoms with Crippen LogP contribution >= 0.6 is 23.2 Å². The number of hydrogen-bond donors (Lipinski definition) is 0. The minimum atomic E-state index is -0.0274. The van der Waals surface area contributed by atoms with Crippen LogP contribution in [-0.4, -0.2) is 42.0 Å². The third-order valence-electron chi connectivity index (χ3n) is 4.01. The molecule has 2 aromatic rings. The average molecular weight is 362 g/mol. The van der Waals surface area contributed by atoms with Crippen molar-refractivity contribution >= 4 is 40.9 Å². The first kappa shape index (κ1) is 16.8. The van der Waals surface area contributed by atoms with Crippen molar-refractivity contribution in [2.75, 3.05) is 31.1 Å². The fourth-order valence-electron chi connectivity index (χ4n) is 2.67. The van der Waals surface area contributed by atoms with E-state index < -0.39 is 0 Å². The minimum absolute atomic E-state index is 0.0274. The van der Waals surface area contributed by atoms with Crippen molar-refractivity contribution in [3.63, 3.8) is 0 Å². The van der Waals surface area contributed by atoms with Gasteiger partial charge < -0.3 is 9.80 Å². The Labute approximate surface area is 151 Å². The first-order chi connectivity index (χ1) is 11.6. The van der Waals surface area contributed by atoms with Gasteiger partial charge in [-0.3, -0.25) is 9.78 Å². The molecule has 0 spiro atoms. The summed E-state index contributed by atoms with van der Waals surface area (Å²) < 4.78 is 0. The van der Waals surface area contributed by atoms with Crippen molar-refractivity contribution < 1.29 is 4.79 Å². The molecule has 0 radical (unpaired) electrons. The second-order valence-corrected chi connectivity index (χ2v) is 6.30. The van der Waals surface area contributed by atoms with Crippen molar-refractivity contribution in [2.24, 2.45) is 0 Å². The van der Waals surface area contributed by atoms with E-state index in [1.807, 2.05) is 17.0 Å². The van der Waals surface area contributed by atoms with E-state index in [0.29, 0.717) is 28.7 Å². The Morgan fingerprint density at radius 1 is 1.00 bits per heavy atom. The highest BCUT2D eigenvalue weighted by Gasteiger charge is 2.19. The van der Waals surface area contributed by atoms with Crippen LogP contribution in [0.25, 0.3) is 6.08 Å². The number of hydrogen-bond acceptors (Lipinski definition) is 3. The summed E-state index contributed by atoms with van der Waals surface area (Å²) in [4.78, 5) is 20.5. The highest BCUT2D eigenvalue weighted by Crippen LogP contribution is 2.25. The number of carbonyl (C=O) groups excluding carboxylic acids is 1. The maximum Gasteiger partial charge on any atom is 0.246 e. The molecule has 0 bridgehead atoms. The number of benzene rings is 1. The van der Waals surface area contributed by atoms with E-state index in [9.17, 15) is 4.79 Å². The van der Waals surface area contributed by atoms with E-state index in [0.717, 1.165) is 18.8 Å². The number of aromatic nitrogens is 1. The average Bonchev–Trinajstić information content (AvgIpc) is 2.62. The third kappa shape index (κ3) is 3.89. The predicted molar refractivity (Wildman–Crippen MR) is 98.5 cm³/mol. The molecule has 1 aromatic carbocycles. The summed E-state index contributed by atoms with van der Waals surface area (Å²) in [5, 5.41) is 1.07. The first-order valence-corrected chi connectivity index (χ1v) is 8.47. The molecule has 1 saturated heterocycles. The molecular weight excluding hydrogens is 345 g/mol. The standard InChI is InChI=1S/C18H17Cl2N3O/c19-16-2-1-3-17(20)15(16)4-5-18(24)23-12-10-22(11-13-23)14-6-8-21-9-7-14/h1-9H,10-13H2/b5-4+. The molecule has 1 aromatic heterocycles. The van der Waals surface area contributed by atoms with E-state index in [4.69, 9.17) is 23.2 Å². The first-order valence-electron chi connectivity index (χ1n) is 7.71. The molecule has 1 aliphatic rings. The molecule has 1 amide bonds. The molecule has 0 aliphatic carbocycles. The van der Waals surface area contributed by atoms with Gasteiger partial charge in [-0.2, -0.15) is 0 Å². The Hall–Kier alpha value is -2.04. The van der Waals surface area contributed by atoms with Crippen molar-refractivity contribution in [1.29, 1.82) is 0 Å². The van der Waals surface area contributed by atoms with Gasteiger partial charge in [0.1, 0.15) is 0 Å². The zero-order chi connectivity index (χ0) is 16.9. The Morgan fingerprint density at radius 2 is 1.62 bits per heavy atom. The quantitative estimate of drug-likeness (QED) is 0.781. The molecule has 0 saturated carbocycles. The van der Waals surface area contributed by atoms with E-state index in [1.54, 1.807) is 36.7 Å². The predicted octanol–water partition coefficient (Wildman–Crippen LogP) is 3.75. The smallest absolute Gasteiger partial charge is 0.246 e. The highest BCUT2D eigenvalue weighted by molar-refractivity contribution is 6.37. The van der Waals surface area contributed by atoms with Crippen LogP contribution in [0.15, 0.2) is 48.8 Å². The van der Waals surface area contributed by atoms with Gasteiger partial charge in [-0.15, -0.1) is 0 Å². The van der Waals surface area contributed by atoms with E-state index in [1.165, 1.54) is 6.08 Å². The Morgan fingerprint density at radius 3 is 2.25 bits per heavy atom. The number of rotatable bonds is 3. The summed E-state index contributed by atoms with van der Waals surface area (Å²) in [6.07, 6.45) is 6.78. The monoisotopic (exact) mass is 361 g/mol. The zero-order valence-electron chi connectivity index (χ0n) is 13.0. The van der Waals surface area contributed by atoms with Crippen LogP contribution in [-0.2, 0) is 4.79 Å². The molecule has 4 nitrogen and oxygen atoms in total. The second kappa shape index (κ2) is 7.69. The summed E-state index contributed by atoms with van der Waals surface area (Å²) in [6, 6.07) is 9.26. The van der Waals surface area contributed by atoms with E-state index in [-0.39, 0.29) is 5.91 Å². The molecule has 0 N–H and O–H groups in total. The van der Waals surface area contributed by atoms with Gasteiger partial charge in [0.05, 0.1) is 0 Å². The fourth-order valence-corrected chi connectivity index (χ4v) is 3.19. The maximum absolute atomic E-state index is 12.4. The summed E-state index contributed by atoms with van der Waals surface area (Å²) in [5.74, 6) is -0.0274. The lowest BCUT2D eigenvalue weighted by atomic mass is 10.2. The highest BCUT2D eigenvalue weighted by atomic mass is 35.5. The van der Waals surface area contributed by atoms with E-state index >= 15 is 0 Å². The number of anilines is 1. The molecule has 124 valence electrons. The van der Waals surface area contributed by atoms with Crippen LogP contribution in [0, 0.1) is 0 Å². The van der Waals surface area contributed by atoms with Crippen molar-refractivity contribution in [2.45, 2.75) is 0 Å². The molecule has 2 heterocycles. The summed E-state index contributed by atoms with van der Waals surface area (Å²) in [7, 11) is 0. The van der Waals surface area contributed by atoms with Gasteiger partial charge in [-0.05, 0) is 30.3 Å². The van der Waals surface area contributed by atoms with E-state index in [2.05, 4.69) is 9.88 Å². The fraction of sp³-hybridized carbons (Fsp3) is 0.222. The molecule has 24 heavy (non-hydrogen) atoms. The number of pyridine rings is 1. The van der Waals surface area contributed by atoms with Crippen molar-refractivity contribution in [1.82, 2.24) is 9.88 Å². The Bertz CT molecular complexity index is 721. The molecular formula is C18H17Cl2N3O. The normalized spacial score (nSPS) is 15.1. The number of halogens is 2. The molecule has 0 atom stereocenters. The summed E-state index contributed by atoms with van der Waals surface area (Å²) in [6.45, 7) is 2.97. The topological polar surface area (TPSA) is 36.4 Å². The van der Waals surface area contributed by atoms with Gasteiger partial charge in [0.25, 0.3) is 0 Å². The molecule has 1 aliphatic heterocycles. The molecule has 6 heteroatoms. The van der Waals surface area contributed by atoms with Gasteiger partial charge in [-0.25, -0.2) is 0 Å². The van der Waals surface area contributed by atoms with Crippen LogP contribution in [0.5, 0.6) is 0 Å². The third-order valence-corrected chi connectivity index (χ3v) is 4.67. The number of carbonyl (C=O) groups is 1. The lowest BCUT2D eigenvalue weighted by Gasteiger charge is -2.35. The molecule has 3 rings (SSSR count). The van der Waals surface area contributed by atoms with Crippen LogP contribution in [0.2, 0.25) is 10.0 Å². The Balaban J connectivity index is 1.60. The number of amides is 1. The zero-order valence-corrected chi connectivity index (χ0v) is 14.5. The SMILES string of the molecule is O=C(/C=C/c1c(Cl)cccc1Cl)N1CCN(c2ccncc2)CC1. The number of piperazine rings is 1. The van der Waals surface area contributed by atoms with Crippen molar-refractivity contribution in [3.8, 4) is 0 Å². The maximum atomic E-state index is 12.4. The Kier molecular flexibility index (Phi) is 5.38. The van der Waals surface area contributed by atoms with Gasteiger partial charge in [0.15, 0.2) is 0 Å². The van der Waals surface area contributed by atoms with Gasteiger partial charge in [0.2, 0.25) is 5.91 Å². The van der Waals surface area contributed by atoms with Gasteiger partial charge >= 0.3 is 0 Å².